The Bertz CT molecular complexity index is 1450. The van der Waals surface area contributed by atoms with Crippen molar-refractivity contribution in [2.75, 3.05) is 0 Å². The molecule has 0 aliphatic carbocycles. The summed E-state index contributed by atoms with van der Waals surface area (Å²) in [7, 11) is -3.29. The van der Waals surface area contributed by atoms with Gasteiger partial charge in [0.15, 0.2) is 7.14 Å². The second-order valence-corrected chi connectivity index (χ2v) is 11.6. The van der Waals surface area contributed by atoms with Gasteiger partial charge in [0, 0.05) is 21.3 Å². The van der Waals surface area contributed by atoms with Gasteiger partial charge in [0.25, 0.3) is 0 Å². The van der Waals surface area contributed by atoms with Crippen LogP contribution in [0, 0.1) is 0 Å². The molecule has 0 amide bonds. The smallest absolute Gasteiger partial charge is 0.172 e. The summed E-state index contributed by atoms with van der Waals surface area (Å²) in [6.45, 7) is 2.20. The minimum absolute atomic E-state index is 0.196. The number of hydrogen-bond acceptors (Lipinski definition) is 2. The molecular formula is C32H29O2P. The zero-order valence-corrected chi connectivity index (χ0v) is 20.8. The van der Waals surface area contributed by atoms with Crippen molar-refractivity contribution < 1.29 is 9.67 Å². The Balaban J connectivity index is 1.85. The van der Waals surface area contributed by atoms with E-state index >= 15 is 4.57 Å². The van der Waals surface area contributed by atoms with Gasteiger partial charge in [-0.05, 0) is 41.0 Å². The molecule has 0 spiro atoms. The first-order chi connectivity index (χ1) is 17.1. The average molecular weight is 477 g/mol. The monoisotopic (exact) mass is 476 g/mol. The Morgan fingerprint density at radius 1 is 0.686 bits per heavy atom. The minimum Gasteiger partial charge on any atom is -0.507 e. The highest BCUT2D eigenvalue weighted by molar-refractivity contribution is 7.86. The van der Waals surface area contributed by atoms with E-state index in [1.807, 2.05) is 84.9 Å². The molecule has 5 aromatic carbocycles. The normalized spacial score (nSPS) is 11.6. The molecule has 1 N–H and O–H groups in total. The molecule has 0 aromatic heterocycles. The van der Waals surface area contributed by atoms with Gasteiger partial charge in [-0.15, -0.1) is 0 Å². The fraction of sp³-hybridized carbons (Fsp3) is 0.125. The van der Waals surface area contributed by atoms with Gasteiger partial charge in [0.1, 0.15) is 5.75 Å². The summed E-state index contributed by atoms with van der Waals surface area (Å²) in [4.78, 5) is 0. The molecule has 0 radical (unpaired) electrons. The quantitative estimate of drug-likeness (QED) is 0.252. The molecule has 0 fully saturated rings. The number of aryl methyl sites for hydroxylation is 1. The van der Waals surface area contributed by atoms with Crippen LogP contribution in [0.5, 0.6) is 5.75 Å². The summed E-state index contributed by atoms with van der Waals surface area (Å²) < 4.78 is 15.5. The van der Waals surface area contributed by atoms with E-state index in [2.05, 4.69) is 31.2 Å². The highest BCUT2D eigenvalue weighted by Crippen LogP contribution is 2.48. The van der Waals surface area contributed by atoms with Crippen LogP contribution in [-0.2, 0) is 11.0 Å². The number of aromatic hydroxyl groups is 1. The van der Waals surface area contributed by atoms with E-state index in [9.17, 15) is 5.11 Å². The van der Waals surface area contributed by atoms with Crippen LogP contribution in [0.4, 0.5) is 0 Å². The van der Waals surface area contributed by atoms with Crippen molar-refractivity contribution in [1.29, 1.82) is 0 Å². The third-order valence-corrected chi connectivity index (χ3v) is 9.80. The molecule has 0 heterocycles. The maximum Gasteiger partial charge on any atom is 0.172 e. The van der Waals surface area contributed by atoms with Crippen molar-refractivity contribution in [3.63, 3.8) is 0 Å². The summed E-state index contributed by atoms with van der Waals surface area (Å²) in [6.07, 6.45) is 3.35. The highest BCUT2D eigenvalue weighted by atomic mass is 31.2. The second-order valence-electron chi connectivity index (χ2n) is 8.92. The van der Waals surface area contributed by atoms with Crippen LogP contribution in [0.2, 0.25) is 0 Å². The number of benzene rings is 5. The van der Waals surface area contributed by atoms with Gasteiger partial charge >= 0.3 is 0 Å². The van der Waals surface area contributed by atoms with Gasteiger partial charge < -0.3 is 9.67 Å². The van der Waals surface area contributed by atoms with Crippen molar-refractivity contribution >= 4 is 33.8 Å². The van der Waals surface area contributed by atoms with Gasteiger partial charge in [0.2, 0.25) is 0 Å². The fourth-order valence-corrected chi connectivity index (χ4v) is 7.88. The number of hydrogen-bond donors (Lipinski definition) is 1. The van der Waals surface area contributed by atoms with Crippen LogP contribution in [0.1, 0.15) is 25.3 Å². The van der Waals surface area contributed by atoms with Crippen LogP contribution in [0.15, 0.2) is 115 Å². The van der Waals surface area contributed by atoms with Gasteiger partial charge in [-0.1, -0.05) is 123 Å². The van der Waals surface area contributed by atoms with Crippen LogP contribution in [0.3, 0.4) is 0 Å². The van der Waals surface area contributed by atoms with E-state index in [1.165, 1.54) is 5.56 Å². The molecule has 0 aliphatic rings. The zero-order valence-electron chi connectivity index (χ0n) is 19.9. The third-order valence-electron chi connectivity index (χ3n) is 6.63. The number of rotatable bonds is 7. The number of phenols is 1. The first-order valence-electron chi connectivity index (χ1n) is 12.2. The van der Waals surface area contributed by atoms with E-state index in [4.69, 9.17) is 0 Å². The Morgan fingerprint density at radius 3 is 1.80 bits per heavy atom. The van der Waals surface area contributed by atoms with Crippen molar-refractivity contribution in [3.05, 3.63) is 121 Å². The minimum atomic E-state index is -3.29. The predicted molar refractivity (Wildman–Crippen MR) is 149 cm³/mol. The van der Waals surface area contributed by atoms with E-state index in [-0.39, 0.29) is 5.75 Å². The van der Waals surface area contributed by atoms with Crippen molar-refractivity contribution in [3.8, 4) is 16.9 Å². The molecule has 0 saturated heterocycles. The average Bonchev–Trinajstić information content (AvgIpc) is 2.93. The topological polar surface area (TPSA) is 37.3 Å². The lowest BCUT2D eigenvalue weighted by Crippen LogP contribution is -2.27. The Morgan fingerprint density at radius 2 is 1.23 bits per heavy atom. The lowest BCUT2D eigenvalue weighted by molar-refractivity contribution is 0.482. The molecule has 3 heteroatoms. The molecule has 0 aliphatic heterocycles. The zero-order chi connectivity index (χ0) is 24.3. The van der Waals surface area contributed by atoms with E-state index in [1.54, 1.807) is 6.07 Å². The Hall–Kier alpha value is -3.61. The Kier molecular flexibility index (Phi) is 6.57. The van der Waals surface area contributed by atoms with Crippen LogP contribution >= 0.6 is 7.14 Å². The molecule has 0 bridgehead atoms. The molecule has 35 heavy (non-hydrogen) atoms. The van der Waals surface area contributed by atoms with Gasteiger partial charge in [-0.3, -0.25) is 0 Å². The first-order valence-corrected chi connectivity index (χ1v) is 13.9. The summed E-state index contributed by atoms with van der Waals surface area (Å²) >= 11 is 0. The summed E-state index contributed by atoms with van der Waals surface area (Å²) in [5.41, 5.74) is 3.05. The third kappa shape index (κ3) is 4.31. The number of phenolic OH excluding ortho intramolecular Hbond substituents is 1. The van der Waals surface area contributed by atoms with Gasteiger partial charge in [-0.25, -0.2) is 0 Å². The molecule has 0 saturated carbocycles. The Labute approximate surface area is 207 Å². The maximum atomic E-state index is 15.5. The molecular weight excluding hydrogens is 447 g/mol. The molecule has 2 nitrogen and oxygen atoms in total. The lowest BCUT2D eigenvalue weighted by atomic mass is 9.98. The van der Waals surface area contributed by atoms with E-state index in [0.29, 0.717) is 5.39 Å². The number of unbranched alkanes of at least 4 members (excludes halogenated alkanes) is 1. The predicted octanol–water partition coefficient (Wildman–Crippen LogP) is 7.19. The lowest BCUT2D eigenvalue weighted by Gasteiger charge is -2.25. The molecule has 5 aromatic rings. The largest absolute Gasteiger partial charge is 0.507 e. The van der Waals surface area contributed by atoms with Crippen LogP contribution < -0.4 is 15.9 Å². The van der Waals surface area contributed by atoms with E-state index in [0.717, 1.165) is 51.7 Å². The number of fused-ring (bicyclic) bond motifs is 1. The summed E-state index contributed by atoms with van der Waals surface area (Å²) in [5, 5.41) is 14.9. The van der Waals surface area contributed by atoms with Crippen LogP contribution in [0.25, 0.3) is 21.9 Å². The van der Waals surface area contributed by atoms with Crippen LogP contribution in [-0.4, -0.2) is 5.11 Å². The maximum absolute atomic E-state index is 15.5. The van der Waals surface area contributed by atoms with Crippen molar-refractivity contribution in [2.24, 2.45) is 0 Å². The van der Waals surface area contributed by atoms with Crippen molar-refractivity contribution in [2.45, 2.75) is 26.2 Å². The molecule has 174 valence electrons. The second kappa shape index (κ2) is 9.94. The summed E-state index contributed by atoms with van der Waals surface area (Å²) in [6, 6.07) is 37.5. The standard InChI is InChI=1S/C32H29O2P/c1-2-3-12-24-19-21-25(22-20-24)30-23-31(33)28-17-10-11-18-29(28)32(30)35(34,26-13-6-4-7-14-26)27-15-8-5-9-16-27/h4-11,13-23,33H,2-3,12H2,1H3. The molecule has 0 atom stereocenters. The van der Waals surface area contributed by atoms with Crippen molar-refractivity contribution in [1.82, 2.24) is 0 Å². The fourth-order valence-electron chi connectivity index (χ4n) is 4.82. The molecule has 0 unspecified atom stereocenters. The van der Waals surface area contributed by atoms with Gasteiger partial charge in [-0.2, -0.15) is 0 Å². The van der Waals surface area contributed by atoms with E-state index < -0.39 is 7.14 Å². The summed E-state index contributed by atoms with van der Waals surface area (Å²) in [5.74, 6) is 0.196. The van der Waals surface area contributed by atoms with Gasteiger partial charge in [0.05, 0.1) is 0 Å². The SMILES string of the molecule is CCCCc1ccc(-c2cc(O)c3ccccc3c2P(=O)(c2ccccc2)c2ccccc2)cc1. The highest BCUT2D eigenvalue weighted by Gasteiger charge is 2.34. The first kappa shape index (κ1) is 23.1. The molecule has 5 rings (SSSR count).